The molecule has 0 fully saturated rings. The van der Waals surface area contributed by atoms with Crippen LogP contribution in [0, 0.1) is 0 Å². The zero-order valence-electron chi connectivity index (χ0n) is 53.2. The number of thiophene rings is 1. The number of fused-ring (bicyclic) bond motifs is 3. The van der Waals surface area contributed by atoms with Gasteiger partial charge in [0.05, 0.1) is 88.9 Å². The molecule has 12 N–H and O–H groups in total. The van der Waals surface area contributed by atoms with E-state index in [0.29, 0.717) is 72.3 Å². The number of rotatable bonds is 27. The van der Waals surface area contributed by atoms with Gasteiger partial charge in [0.2, 0.25) is 35.7 Å². The van der Waals surface area contributed by atoms with Crippen LogP contribution in [-0.4, -0.2) is 147 Å². The number of furan rings is 1. The van der Waals surface area contributed by atoms with E-state index in [-0.39, 0.29) is 57.4 Å². The first kappa shape index (κ1) is 67.0. The number of aliphatic hydroxyl groups is 6. The highest BCUT2D eigenvalue weighted by molar-refractivity contribution is 7.08. The van der Waals surface area contributed by atoms with Gasteiger partial charge < -0.3 is 67.0 Å². The summed E-state index contributed by atoms with van der Waals surface area (Å²) in [5.41, 5.74) is 15.2. The summed E-state index contributed by atoms with van der Waals surface area (Å²) in [4.78, 5) is 27.3. The van der Waals surface area contributed by atoms with Crippen molar-refractivity contribution in [3.63, 3.8) is 0 Å². The van der Waals surface area contributed by atoms with Crippen LogP contribution >= 0.6 is 11.3 Å². The standard InChI is InChI=1S/C24H28N6O2.C22H26N6O3.C22H26N6O2S/c1-16(2)21-13-26-30-22(21)28-23(27-20(14-31)15-32)29-24(30)25-12-17-8-10-19(11-9-17)18-6-4-3-5-7-18;2*1-14(2)19-10-24-28-20(19)26-21(25-18(11-29)12-30)27-22(28)23-9-15-3-5-16(6-4-15)17-7-8-31-13-17/h3-11,13,16,20,31-32H,12,14-15H2,1-2H3,(H2,25,27,28,29);2*3-8,10,13-14,18,29-30H,9,11-12H2,1-2H3,(H2,23,25,26,27). The van der Waals surface area contributed by atoms with E-state index in [1.54, 1.807) is 56.0 Å². The molecule has 4 aromatic carbocycles. The molecular formula is C68H80N18O7S. The van der Waals surface area contributed by atoms with Gasteiger partial charge in [-0.15, -0.1) is 0 Å². The molecule has 0 amide bonds. The van der Waals surface area contributed by atoms with Gasteiger partial charge in [-0.1, -0.05) is 145 Å². The maximum atomic E-state index is 9.42. The second-order valence-electron chi connectivity index (χ2n) is 23.2. The second-order valence-corrected chi connectivity index (χ2v) is 24.0. The smallest absolute Gasteiger partial charge is 0.229 e. The van der Waals surface area contributed by atoms with Crippen LogP contribution in [0.15, 0.2) is 162 Å². The highest BCUT2D eigenvalue weighted by Gasteiger charge is 2.21. The van der Waals surface area contributed by atoms with E-state index in [2.05, 4.69) is 196 Å². The quantitative estimate of drug-likeness (QED) is 0.0228. The second kappa shape index (κ2) is 32.1. The summed E-state index contributed by atoms with van der Waals surface area (Å²) in [7, 11) is 0. The van der Waals surface area contributed by atoms with Gasteiger partial charge in [0.1, 0.15) is 0 Å². The molecule has 12 aromatic rings. The van der Waals surface area contributed by atoms with Crippen molar-refractivity contribution in [3.8, 4) is 33.4 Å². The monoisotopic (exact) mass is 1290 g/mol. The van der Waals surface area contributed by atoms with Crippen molar-refractivity contribution in [3.05, 3.63) is 191 Å². The molecule has 8 heterocycles. The van der Waals surface area contributed by atoms with Gasteiger partial charge in [-0.25, -0.2) is 0 Å². The lowest BCUT2D eigenvalue weighted by Crippen LogP contribution is -2.29. The Kier molecular flexibility index (Phi) is 22.9. The molecule has 8 aromatic heterocycles. The number of nitrogens with one attached hydrogen (secondary N) is 6. The third kappa shape index (κ3) is 16.6. The minimum Gasteiger partial charge on any atom is -0.472 e. The lowest BCUT2D eigenvalue weighted by molar-refractivity contribution is 0.203. The summed E-state index contributed by atoms with van der Waals surface area (Å²) in [5, 5.41) is 93.0. The van der Waals surface area contributed by atoms with Crippen molar-refractivity contribution in [1.82, 2.24) is 58.7 Å². The Labute approximate surface area is 547 Å². The van der Waals surface area contributed by atoms with E-state index in [4.69, 9.17) is 4.42 Å². The van der Waals surface area contributed by atoms with Crippen LogP contribution in [-0.2, 0) is 19.6 Å². The summed E-state index contributed by atoms with van der Waals surface area (Å²) in [6.45, 7) is 12.8. The van der Waals surface area contributed by atoms with Crippen molar-refractivity contribution in [2.24, 2.45) is 0 Å². The Bertz CT molecular complexity index is 4090. The average molecular weight is 1290 g/mol. The molecule has 26 heteroatoms. The van der Waals surface area contributed by atoms with Crippen molar-refractivity contribution >= 4 is 64.0 Å². The van der Waals surface area contributed by atoms with E-state index in [9.17, 15) is 30.6 Å². The number of hydrogen-bond donors (Lipinski definition) is 12. The average Bonchev–Trinajstić information content (AvgIpc) is 1.83. The van der Waals surface area contributed by atoms with Crippen LogP contribution in [0.2, 0.25) is 0 Å². The van der Waals surface area contributed by atoms with Gasteiger partial charge >= 0.3 is 0 Å². The van der Waals surface area contributed by atoms with E-state index in [1.165, 1.54) is 16.7 Å². The normalized spacial score (nSPS) is 11.5. The number of benzene rings is 4. The maximum absolute atomic E-state index is 9.42. The van der Waals surface area contributed by atoms with Gasteiger partial charge in [0, 0.05) is 41.9 Å². The van der Waals surface area contributed by atoms with Gasteiger partial charge in [0.15, 0.2) is 16.9 Å². The third-order valence-electron chi connectivity index (χ3n) is 15.4. The largest absolute Gasteiger partial charge is 0.472 e. The zero-order valence-corrected chi connectivity index (χ0v) is 54.0. The fourth-order valence-corrected chi connectivity index (χ4v) is 10.6. The summed E-state index contributed by atoms with van der Waals surface area (Å²) < 4.78 is 10.2. The summed E-state index contributed by atoms with van der Waals surface area (Å²) in [5.74, 6) is 3.28. The van der Waals surface area contributed by atoms with E-state index in [1.807, 2.05) is 48.5 Å². The van der Waals surface area contributed by atoms with E-state index in [0.717, 1.165) is 50.1 Å². The van der Waals surface area contributed by atoms with Crippen LogP contribution in [0.3, 0.4) is 0 Å². The Morgan fingerprint density at radius 2 is 0.734 bits per heavy atom. The number of aromatic nitrogens is 12. The molecule has 25 nitrogen and oxygen atoms in total. The van der Waals surface area contributed by atoms with Crippen LogP contribution in [0.5, 0.6) is 0 Å². The molecule has 94 heavy (non-hydrogen) atoms. The van der Waals surface area contributed by atoms with Crippen molar-refractivity contribution in [1.29, 1.82) is 0 Å². The molecule has 0 aliphatic carbocycles. The zero-order chi connectivity index (χ0) is 66.1. The van der Waals surface area contributed by atoms with Crippen molar-refractivity contribution in [2.75, 3.05) is 71.5 Å². The minimum atomic E-state index is -0.545. The van der Waals surface area contributed by atoms with Crippen LogP contribution in [0.4, 0.5) is 35.7 Å². The van der Waals surface area contributed by atoms with Crippen LogP contribution in [0.1, 0.15) is 92.7 Å². The summed E-state index contributed by atoms with van der Waals surface area (Å²) in [6.07, 6.45) is 8.77. The topological polar surface area (TPSA) is 336 Å². The van der Waals surface area contributed by atoms with Crippen LogP contribution in [0.25, 0.3) is 50.3 Å². The Balaban J connectivity index is 0.000000154. The van der Waals surface area contributed by atoms with Gasteiger partial charge in [-0.2, -0.15) is 70.1 Å². The van der Waals surface area contributed by atoms with E-state index >= 15 is 0 Å². The van der Waals surface area contributed by atoms with Crippen molar-refractivity contribution < 1.29 is 35.1 Å². The molecule has 0 saturated heterocycles. The molecule has 0 saturated carbocycles. The first-order valence-corrected chi connectivity index (χ1v) is 32.0. The number of anilines is 6. The Morgan fingerprint density at radius 1 is 0.394 bits per heavy atom. The van der Waals surface area contributed by atoms with E-state index < -0.39 is 18.1 Å². The fraction of sp³-hybridized carbons (Fsp3) is 0.309. The lowest BCUT2D eigenvalue weighted by Gasteiger charge is -2.15. The molecule has 0 atom stereocenters. The molecule has 0 aliphatic rings. The lowest BCUT2D eigenvalue weighted by atomic mass is 10.0. The maximum Gasteiger partial charge on any atom is 0.229 e. The molecule has 0 aliphatic heterocycles. The fourth-order valence-electron chi connectivity index (χ4n) is 9.91. The first-order valence-electron chi connectivity index (χ1n) is 31.1. The van der Waals surface area contributed by atoms with Gasteiger partial charge in [0.25, 0.3) is 0 Å². The molecule has 0 unspecified atom stereocenters. The third-order valence-corrected chi connectivity index (χ3v) is 16.1. The summed E-state index contributed by atoms with van der Waals surface area (Å²) >= 11 is 1.69. The predicted octanol–water partition coefficient (Wildman–Crippen LogP) is 9.53. The molecule has 0 radical (unpaired) electrons. The van der Waals surface area contributed by atoms with Gasteiger partial charge in [-0.3, -0.25) is 0 Å². The molecule has 12 rings (SSSR count). The van der Waals surface area contributed by atoms with Gasteiger partial charge in [-0.05, 0) is 85.2 Å². The minimum absolute atomic E-state index is 0.222. The molecule has 0 spiro atoms. The number of nitrogens with zero attached hydrogens (tertiary/aromatic N) is 12. The highest BCUT2D eigenvalue weighted by Crippen LogP contribution is 2.29. The molecule has 0 bridgehead atoms. The molecule has 490 valence electrons. The molecular weight excluding hydrogens is 1210 g/mol. The SMILES string of the molecule is CC(C)c1cnn2c(NCc3ccc(-c4ccccc4)cc3)nc(NC(CO)CO)nc12.CC(C)c1cnn2c(NCc3ccc(-c4ccoc4)cc3)nc(NC(CO)CO)nc12.CC(C)c1cnn2c(NCc3ccc(-c4ccsc4)cc3)nc(NC(CO)CO)nc12. The van der Waals surface area contributed by atoms with Crippen LogP contribution < -0.4 is 31.9 Å². The number of hydrogen-bond acceptors (Lipinski definition) is 23. The summed E-state index contributed by atoms with van der Waals surface area (Å²) in [6, 6.07) is 37.6. The highest BCUT2D eigenvalue weighted by atomic mass is 32.1. The Hall–Kier alpha value is -9.93. The number of aliphatic hydroxyl groups excluding tert-OH is 6. The van der Waals surface area contributed by atoms with Crippen molar-refractivity contribution in [2.45, 2.75) is 97.1 Å². The first-order chi connectivity index (χ1) is 45.8. The predicted molar refractivity (Wildman–Crippen MR) is 367 cm³/mol. The Morgan fingerprint density at radius 3 is 1.04 bits per heavy atom.